The summed E-state index contributed by atoms with van der Waals surface area (Å²) in [5, 5.41) is 2.76. The predicted molar refractivity (Wildman–Crippen MR) is 90.6 cm³/mol. The van der Waals surface area contributed by atoms with E-state index in [0.29, 0.717) is 17.2 Å². The topological polar surface area (TPSA) is 50.8 Å². The Morgan fingerprint density at radius 3 is 2.50 bits per heavy atom. The van der Waals surface area contributed by atoms with Crippen LogP contribution in [0.25, 0.3) is 0 Å². The van der Waals surface area contributed by atoms with Crippen molar-refractivity contribution in [2.45, 2.75) is 57.7 Å². The van der Waals surface area contributed by atoms with E-state index in [2.05, 4.69) is 5.32 Å². The molecule has 0 radical (unpaired) electrons. The Hall–Kier alpha value is -2.12. The Morgan fingerprint density at radius 1 is 1.19 bits per heavy atom. The maximum atomic E-state index is 12.8. The van der Waals surface area contributed by atoms with Crippen LogP contribution in [0.3, 0.4) is 0 Å². The van der Waals surface area contributed by atoms with E-state index >= 15 is 0 Å². The van der Waals surface area contributed by atoms with Crippen molar-refractivity contribution in [2.24, 2.45) is 0 Å². The average Bonchev–Trinajstić information content (AvgIpc) is 3.02. The van der Waals surface area contributed by atoms with E-state index in [1.54, 1.807) is 19.1 Å². The van der Waals surface area contributed by atoms with Gasteiger partial charge in [-0.25, -0.2) is 4.79 Å². The number of carbonyl (C=O) groups excluding carboxylic acids is 1. The lowest BCUT2D eigenvalue weighted by molar-refractivity contribution is -0.137. The Morgan fingerprint density at radius 2 is 1.85 bits per heavy atom. The molecule has 1 heterocycles. The van der Waals surface area contributed by atoms with E-state index in [1.165, 1.54) is 4.90 Å². The number of urea groups is 1. The molecule has 0 spiro atoms. The van der Waals surface area contributed by atoms with Gasteiger partial charge in [0.15, 0.2) is 11.5 Å². The fourth-order valence-corrected chi connectivity index (χ4v) is 3.46. The van der Waals surface area contributed by atoms with Crippen LogP contribution < -0.4 is 14.8 Å². The van der Waals surface area contributed by atoms with Crippen LogP contribution in [0.4, 0.5) is 23.7 Å². The smallest absolute Gasteiger partial charge is 0.390 e. The van der Waals surface area contributed by atoms with Crippen LogP contribution in [0.1, 0.15) is 44.1 Å². The number of hydrogen-bond acceptors (Lipinski definition) is 3. The number of carbonyl (C=O) groups is 1. The zero-order chi connectivity index (χ0) is 18.7. The van der Waals surface area contributed by atoms with Gasteiger partial charge in [0.2, 0.25) is 6.79 Å². The number of benzene rings is 1. The molecular weight excluding hydrogens is 349 g/mol. The highest BCUT2D eigenvalue weighted by molar-refractivity contribution is 5.91. The largest absolute Gasteiger partial charge is 0.454 e. The summed E-state index contributed by atoms with van der Waals surface area (Å²) in [6.45, 7) is 1.59. The molecule has 1 N–H and O–H groups in total. The summed E-state index contributed by atoms with van der Waals surface area (Å²) in [7, 11) is 0. The number of rotatable bonds is 4. The normalized spacial score (nSPS) is 17.2. The second kappa shape index (κ2) is 7.63. The number of nitrogens with one attached hydrogen (secondary N) is 1. The first-order chi connectivity index (χ1) is 12.3. The highest BCUT2D eigenvalue weighted by Gasteiger charge is 2.32. The Bertz CT molecular complexity index is 658. The van der Waals surface area contributed by atoms with Crippen molar-refractivity contribution in [3.8, 4) is 11.5 Å². The van der Waals surface area contributed by atoms with Gasteiger partial charge >= 0.3 is 12.2 Å². The molecule has 1 aromatic carbocycles. The van der Waals surface area contributed by atoms with Crippen molar-refractivity contribution in [3.05, 3.63) is 17.7 Å². The molecule has 0 saturated heterocycles. The molecule has 1 saturated carbocycles. The van der Waals surface area contributed by atoms with Crippen molar-refractivity contribution in [3.63, 3.8) is 0 Å². The number of aryl methyl sites for hydroxylation is 1. The molecule has 144 valence electrons. The van der Waals surface area contributed by atoms with E-state index < -0.39 is 18.6 Å². The van der Waals surface area contributed by atoms with Gasteiger partial charge in [-0.1, -0.05) is 19.3 Å². The SMILES string of the molecule is Cc1cc2c(cc1NC(=O)N(CCC(F)(F)F)C1CCCCC1)OCO2. The molecule has 2 amide bonds. The minimum atomic E-state index is -4.29. The molecule has 1 fully saturated rings. The molecule has 26 heavy (non-hydrogen) atoms. The number of amides is 2. The molecule has 3 rings (SSSR count). The van der Waals surface area contributed by atoms with Crippen LogP contribution in [0, 0.1) is 6.92 Å². The highest BCUT2D eigenvalue weighted by Crippen LogP contribution is 2.37. The van der Waals surface area contributed by atoms with Gasteiger partial charge < -0.3 is 19.7 Å². The highest BCUT2D eigenvalue weighted by atomic mass is 19.4. The van der Waals surface area contributed by atoms with Crippen LogP contribution in [0.2, 0.25) is 0 Å². The summed E-state index contributed by atoms with van der Waals surface area (Å²) in [6, 6.07) is 2.75. The number of anilines is 1. The Balaban J connectivity index is 1.74. The van der Waals surface area contributed by atoms with Crippen LogP contribution in [0.5, 0.6) is 11.5 Å². The molecule has 0 atom stereocenters. The van der Waals surface area contributed by atoms with Gasteiger partial charge in [-0.15, -0.1) is 0 Å². The van der Waals surface area contributed by atoms with Crippen LogP contribution in [0.15, 0.2) is 12.1 Å². The number of nitrogens with zero attached hydrogens (tertiary/aromatic N) is 1. The second-order valence-corrected chi connectivity index (χ2v) is 6.80. The lowest BCUT2D eigenvalue weighted by Crippen LogP contribution is -2.45. The molecule has 1 aliphatic carbocycles. The van der Waals surface area contributed by atoms with Crippen molar-refractivity contribution in [1.29, 1.82) is 0 Å². The molecule has 1 aliphatic heterocycles. The fraction of sp³-hybridized carbons (Fsp3) is 0.611. The van der Waals surface area contributed by atoms with E-state index in [0.717, 1.165) is 37.7 Å². The lowest BCUT2D eigenvalue weighted by Gasteiger charge is -2.34. The third-order valence-corrected chi connectivity index (χ3v) is 4.87. The molecule has 5 nitrogen and oxygen atoms in total. The van der Waals surface area contributed by atoms with Crippen molar-refractivity contribution >= 4 is 11.7 Å². The number of ether oxygens (including phenoxy) is 2. The van der Waals surface area contributed by atoms with Gasteiger partial charge in [0.05, 0.1) is 6.42 Å². The minimum absolute atomic E-state index is 0.117. The van der Waals surface area contributed by atoms with E-state index in [-0.39, 0.29) is 19.4 Å². The Kier molecular flexibility index (Phi) is 5.48. The number of alkyl halides is 3. The summed E-state index contributed by atoms with van der Waals surface area (Å²) in [5.41, 5.74) is 1.29. The van der Waals surface area contributed by atoms with Gasteiger partial charge in [-0.2, -0.15) is 13.2 Å². The van der Waals surface area contributed by atoms with Gasteiger partial charge in [0.1, 0.15) is 0 Å². The van der Waals surface area contributed by atoms with E-state index in [4.69, 9.17) is 9.47 Å². The number of hydrogen-bond donors (Lipinski definition) is 1. The second-order valence-electron chi connectivity index (χ2n) is 6.80. The van der Waals surface area contributed by atoms with E-state index in [1.807, 2.05) is 0 Å². The third-order valence-electron chi connectivity index (χ3n) is 4.87. The molecule has 8 heteroatoms. The van der Waals surface area contributed by atoms with Gasteiger partial charge in [-0.3, -0.25) is 0 Å². The van der Waals surface area contributed by atoms with Crippen LogP contribution in [-0.2, 0) is 0 Å². The number of halogens is 3. The molecule has 0 unspecified atom stereocenters. The Labute approximate surface area is 150 Å². The standard InChI is InChI=1S/C18H23F3N2O3/c1-12-9-15-16(26-11-25-15)10-14(12)22-17(24)23(8-7-18(19,20)21)13-5-3-2-4-6-13/h9-10,13H,2-8,11H2,1H3,(H,22,24). The summed E-state index contributed by atoms with van der Waals surface area (Å²) in [5.74, 6) is 1.12. The van der Waals surface area contributed by atoms with Gasteiger partial charge in [-0.05, 0) is 31.4 Å². The van der Waals surface area contributed by atoms with Crippen molar-refractivity contribution < 1.29 is 27.4 Å². The molecule has 0 aromatic heterocycles. The molecule has 1 aromatic rings. The molecule has 2 aliphatic rings. The first-order valence-corrected chi connectivity index (χ1v) is 8.88. The maximum Gasteiger partial charge on any atom is 0.390 e. The molecular formula is C18H23F3N2O3. The first-order valence-electron chi connectivity index (χ1n) is 8.88. The third kappa shape index (κ3) is 4.53. The quantitative estimate of drug-likeness (QED) is 0.823. The fourth-order valence-electron chi connectivity index (χ4n) is 3.46. The number of fused-ring (bicyclic) bond motifs is 1. The van der Waals surface area contributed by atoms with Crippen molar-refractivity contribution in [2.75, 3.05) is 18.7 Å². The maximum absolute atomic E-state index is 12.8. The zero-order valence-corrected chi connectivity index (χ0v) is 14.7. The molecule has 0 bridgehead atoms. The van der Waals surface area contributed by atoms with Crippen LogP contribution in [-0.4, -0.2) is 36.5 Å². The van der Waals surface area contributed by atoms with Gasteiger partial charge in [0.25, 0.3) is 0 Å². The first kappa shape index (κ1) is 18.7. The summed E-state index contributed by atoms with van der Waals surface area (Å²) in [4.78, 5) is 14.1. The minimum Gasteiger partial charge on any atom is -0.454 e. The monoisotopic (exact) mass is 372 g/mol. The van der Waals surface area contributed by atoms with E-state index in [9.17, 15) is 18.0 Å². The zero-order valence-electron chi connectivity index (χ0n) is 14.7. The van der Waals surface area contributed by atoms with Crippen molar-refractivity contribution in [1.82, 2.24) is 4.90 Å². The average molecular weight is 372 g/mol. The predicted octanol–water partition coefficient (Wildman–Crippen LogP) is 4.84. The van der Waals surface area contributed by atoms with Crippen LogP contribution >= 0.6 is 0 Å². The summed E-state index contributed by atoms with van der Waals surface area (Å²) < 4.78 is 48.7. The lowest BCUT2D eigenvalue weighted by atomic mass is 9.94. The summed E-state index contributed by atoms with van der Waals surface area (Å²) in [6.07, 6.45) is -0.880. The summed E-state index contributed by atoms with van der Waals surface area (Å²) >= 11 is 0. The van der Waals surface area contributed by atoms with Gasteiger partial charge in [0, 0.05) is 24.3 Å².